The van der Waals surface area contributed by atoms with Crippen molar-refractivity contribution in [2.75, 3.05) is 13.2 Å². The Balaban J connectivity index is 0.000000208. The molecule has 0 aliphatic heterocycles. The first-order valence-corrected chi connectivity index (χ1v) is 14.6. The molecule has 2 aromatic carbocycles. The van der Waals surface area contributed by atoms with E-state index in [2.05, 4.69) is 30.0 Å². The Hall–Kier alpha value is -4.85. The van der Waals surface area contributed by atoms with Gasteiger partial charge in [-0.15, -0.1) is 0 Å². The Morgan fingerprint density at radius 2 is 1.46 bits per heavy atom. The SMILES string of the molecule is CCOC(=O)/C(N)=N/O.CCOC(=O)c1noc(Cc2ccc3ncc(Cl)cc3c2)n1.O=C(Cl)Cc1ccc2ncc(Cl)cc2c1. The fourth-order valence-electron chi connectivity index (χ4n) is 3.71. The Labute approximate surface area is 277 Å². The van der Waals surface area contributed by atoms with E-state index in [0.717, 1.165) is 32.9 Å². The lowest BCUT2D eigenvalue weighted by Crippen LogP contribution is -2.25. The van der Waals surface area contributed by atoms with Gasteiger partial charge in [-0.3, -0.25) is 14.8 Å². The number of hydrogen-bond acceptors (Lipinski definition) is 12. The smallest absolute Gasteiger partial charge is 0.379 e. The van der Waals surface area contributed by atoms with E-state index < -0.39 is 17.8 Å². The molecule has 13 nitrogen and oxygen atoms in total. The summed E-state index contributed by atoms with van der Waals surface area (Å²) in [7, 11) is 0. The van der Waals surface area contributed by atoms with Gasteiger partial charge in [0.1, 0.15) is 0 Å². The molecular formula is C30H27Cl3N6O7. The molecule has 240 valence electrons. The van der Waals surface area contributed by atoms with Crippen LogP contribution in [0.4, 0.5) is 0 Å². The summed E-state index contributed by atoms with van der Waals surface area (Å²) in [6, 6.07) is 15.0. The molecule has 0 spiro atoms. The summed E-state index contributed by atoms with van der Waals surface area (Å²) >= 11 is 17.1. The van der Waals surface area contributed by atoms with Crippen LogP contribution in [0.5, 0.6) is 0 Å². The van der Waals surface area contributed by atoms with Crippen molar-refractivity contribution in [3.63, 3.8) is 0 Å². The number of carbonyl (C=O) groups excluding carboxylic acids is 3. The molecule has 0 saturated carbocycles. The molecule has 0 fully saturated rings. The second-order valence-corrected chi connectivity index (χ2v) is 10.3. The molecule has 0 atom stereocenters. The third-order valence-electron chi connectivity index (χ3n) is 5.64. The Kier molecular flexibility index (Phi) is 13.6. The number of nitrogens with two attached hydrogens (primary N) is 1. The number of fused-ring (bicyclic) bond motifs is 2. The van der Waals surface area contributed by atoms with Crippen molar-refractivity contribution < 1.29 is 33.6 Å². The van der Waals surface area contributed by atoms with Crippen LogP contribution in [0.25, 0.3) is 21.8 Å². The minimum atomic E-state index is -0.806. The lowest BCUT2D eigenvalue weighted by Gasteiger charge is -2.01. The van der Waals surface area contributed by atoms with Crippen molar-refractivity contribution in [1.82, 2.24) is 20.1 Å². The molecule has 0 bridgehead atoms. The molecule has 5 rings (SSSR count). The van der Waals surface area contributed by atoms with Crippen LogP contribution in [-0.4, -0.2) is 61.5 Å². The molecule has 0 aliphatic rings. The minimum absolute atomic E-state index is 0.0673. The number of halogens is 3. The summed E-state index contributed by atoms with van der Waals surface area (Å²) < 4.78 is 14.2. The van der Waals surface area contributed by atoms with Gasteiger partial charge >= 0.3 is 11.9 Å². The minimum Gasteiger partial charge on any atom is -0.460 e. The van der Waals surface area contributed by atoms with E-state index in [1.54, 1.807) is 26.2 Å². The van der Waals surface area contributed by atoms with Crippen molar-refractivity contribution in [2.45, 2.75) is 26.7 Å². The van der Waals surface area contributed by atoms with Crippen LogP contribution >= 0.6 is 34.8 Å². The summed E-state index contributed by atoms with van der Waals surface area (Å²) in [4.78, 5) is 45.0. The number of hydrogen-bond donors (Lipinski definition) is 2. The number of esters is 2. The van der Waals surface area contributed by atoms with Crippen molar-refractivity contribution in [1.29, 1.82) is 0 Å². The fourth-order valence-corrected chi connectivity index (χ4v) is 4.20. The average molecular weight is 690 g/mol. The topological polar surface area (TPSA) is 193 Å². The highest BCUT2D eigenvalue weighted by Gasteiger charge is 2.16. The average Bonchev–Trinajstić information content (AvgIpc) is 3.49. The third kappa shape index (κ3) is 10.9. The number of pyridine rings is 2. The third-order valence-corrected chi connectivity index (χ3v) is 6.19. The first-order chi connectivity index (χ1) is 22.0. The van der Waals surface area contributed by atoms with Gasteiger partial charge in [0.2, 0.25) is 17.0 Å². The van der Waals surface area contributed by atoms with Crippen molar-refractivity contribution in [2.24, 2.45) is 10.9 Å². The molecule has 16 heteroatoms. The molecule has 3 heterocycles. The van der Waals surface area contributed by atoms with Gasteiger partial charge in [-0.25, -0.2) is 9.59 Å². The Morgan fingerprint density at radius 3 is 2.00 bits per heavy atom. The van der Waals surface area contributed by atoms with Crippen LogP contribution in [0, 0.1) is 0 Å². The van der Waals surface area contributed by atoms with E-state index in [4.69, 9.17) is 55.0 Å². The van der Waals surface area contributed by atoms with Gasteiger partial charge in [-0.05, 0) is 78.1 Å². The van der Waals surface area contributed by atoms with Crippen LogP contribution in [0.3, 0.4) is 0 Å². The van der Waals surface area contributed by atoms with Gasteiger partial charge in [-0.2, -0.15) is 4.98 Å². The van der Waals surface area contributed by atoms with Gasteiger partial charge in [0, 0.05) is 29.6 Å². The molecular weight excluding hydrogens is 663 g/mol. The van der Waals surface area contributed by atoms with E-state index in [-0.39, 0.29) is 30.7 Å². The summed E-state index contributed by atoms with van der Waals surface area (Å²) in [5.41, 5.74) is 8.35. The summed E-state index contributed by atoms with van der Waals surface area (Å²) in [5, 5.41) is 16.6. The maximum absolute atomic E-state index is 11.5. The highest BCUT2D eigenvalue weighted by atomic mass is 35.5. The number of amidine groups is 1. The van der Waals surface area contributed by atoms with E-state index >= 15 is 0 Å². The van der Waals surface area contributed by atoms with Crippen molar-refractivity contribution >= 4 is 79.6 Å². The number of ether oxygens (including phenoxy) is 2. The van der Waals surface area contributed by atoms with Gasteiger partial charge in [0.25, 0.3) is 5.82 Å². The molecule has 0 unspecified atom stereocenters. The van der Waals surface area contributed by atoms with E-state index in [9.17, 15) is 14.4 Å². The molecule has 46 heavy (non-hydrogen) atoms. The summed E-state index contributed by atoms with van der Waals surface area (Å²) in [6.45, 7) is 3.83. The second-order valence-electron chi connectivity index (χ2n) is 9.01. The van der Waals surface area contributed by atoms with Crippen LogP contribution in [-0.2, 0) is 31.9 Å². The van der Waals surface area contributed by atoms with Crippen LogP contribution in [0.2, 0.25) is 10.0 Å². The number of benzene rings is 2. The normalized spacial score (nSPS) is 10.8. The zero-order chi connectivity index (χ0) is 33.6. The molecule has 0 amide bonds. The van der Waals surface area contributed by atoms with Gasteiger partial charge < -0.3 is 24.9 Å². The summed E-state index contributed by atoms with van der Waals surface area (Å²) in [6.07, 6.45) is 3.84. The fraction of sp³-hybridized carbons (Fsp3) is 0.200. The standard InChI is InChI=1S/C15H12ClN3O3.C11H7Cl2NO.C4H8N2O3/c1-2-21-15(20)14-18-13(22-19-14)6-9-3-4-12-10(5-9)7-11(16)8-17-12;12-9-5-8-3-7(4-11(13)15)1-2-10(8)14-6-9;1-2-9-4(7)3(5)6-8/h3-5,7-8H,2,6H2,1H3;1-3,5-6H,4H2;8H,2H2,1H3,(H2,5,6). The van der Waals surface area contributed by atoms with Crippen LogP contribution in [0.1, 0.15) is 41.5 Å². The second kappa shape index (κ2) is 17.6. The maximum atomic E-state index is 11.5. The summed E-state index contributed by atoms with van der Waals surface area (Å²) in [5.74, 6) is -1.65. The van der Waals surface area contributed by atoms with E-state index in [1.807, 2.05) is 48.5 Å². The lowest BCUT2D eigenvalue weighted by molar-refractivity contribution is -0.135. The first kappa shape index (κ1) is 35.6. The maximum Gasteiger partial charge on any atom is 0.379 e. The molecule has 0 saturated heterocycles. The lowest BCUT2D eigenvalue weighted by atomic mass is 10.1. The van der Waals surface area contributed by atoms with Crippen molar-refractivity contribution in [3.05, 3.63) is 93.8 Å². The monoisotopic (exact) mass is 688 g/mol. The molecule has 5 aromatic rings. The Morgan fingerprint density at radius 1 is 0.891 bits per heavy atom. The molecule has 3 aromatic heterocycles. The predicted octanol–water partition coefficient (Wildman–Crippen LogP) is 5.53. The van der Waals surface area contributed by atoms with Gasteiger partial charge in [-0.1, -0.05) is 40.5 Å². The highest BCUT2D eigenvalue weighted by Crippen LogP contribution is 2.20. The number of oxime groups is 1. The zero-order valence-corrected chi connectivity index (χ0v) is 26.7. The van der Waals surface area contributed by atoms with Crippen LogP contribution in [0.15, 0.2) is 70.6 Å². The number of rotatable bonds is 7. The number of nitrogens with zero attached hydrogens (tertiary/aromatic N) is 5. The zero-order valence-electron chi connectivity index (χ0n) is 24.4. The molecule has 3 N–H and O–H groups in total. The molecule has 0 aliphatic carbocycles. The van der Waals surface area contributed by atoms with E-state index in [1.165, 1.54) is 0 Å². The molecule has 0 radical (unpaired) electrons. The predicted molar refractivity (Wildman–Crippen MR) is 171 cm³/mol. The number of aromatic nitrogens is 4. The highest BCUT2D eigenvalue weighted by molar-refractivity contribution is 6.63. The van der Waals surface area contributed by atoms with Crippen LogP contribution < -0.4 is 5.73 Å². The number of carbonyl (C=O) groups is 3. The van der Waals surface area contributed by atoms with Gasteiger partial charge in [0.15, 0.2) is 0 Å². The largest absolute Gasteiger partial charge is 0.460 e. The Bertz CT molecular complexity index is 1870. The first-order valence-electron chi connectivity index (χ1n) is 13.4. The quantitative estimate of drug-likeness (QED) is 0.0543. The van der Waals surface area contributed by atoms with Crippen molar-refractivity contribution in [3.8, 4) is 0 Å². The van der Waals surface area contributed by atoms with E-state index in [0.29, 0.717) is 22.4 Å². The van der Waals surface area contributed by atoms with Gasteiger partial charge in [0.05, 0.1) is 40.7 Å².